The highest BCUT2D eigenvalue weighted by Crippen LogP contribution is 2.19. The van der Waals surface area contributed by atoms with Crippen LogP contribution in [0.5, 0.6) is 0 Å². The summed E-state index contributed by atoms with van der Waals surface area (Å²) in [5.41, 5.74) is 1.15. The number of carbonyl (C=O) groups is 1. The zero-order chi connectivity index (χ0) is 16.2. The number of amides is 1. The van der Waals surface area contributed by atoms with Crippen molar-refractivity contribution in [3.05, 3.63) is 41.3 Å². The summed E-state index contributed by atoms with van der Waals surface area (Å²) in [5.74, 6) is 0.473. The van der Waals surface area contributed by atoms with Crippen LogP contribution in [-0.4, -0.2) is 44.7 Å². The molecule has 1 unspecified atom stereocenters. The molecule has 1 amide bonds. The highest BCUT2D eigenvalue weighted by Gasteiger charge is 2.26. The SMILES string of the molecule is Cc1cnn(CC2CCCN2CC(=O)Nc2ccc(Cl)cn2)c1. The molecule has 23 heavy (non-hydrogen) atoms. The highest BCUT2D eigenvalue weighted by molar-refractivity contribution is 6.30. The Bertz CT molecular complexity index is 669. The van der Waals surface area contributed by atoms with Crippen LogP contribution in [0.1, 0.15) is 18.4 Å². The highest BCUT2D eigenvalue weighted by atomic mass is 35.5. The molecule has 7 heteroatoms. The first-order chi connectivity index (χ1) is 11.1. The van der Waals surface area contributed by atoms with Gasteiger partial charge in [0.15, 0.2) is 0 Å². The number of hydrogen-bond donors (Lipinski definition) is 1. The molecule has 2 aromatic heterocycles. The Morgan fingerprint density at radius 3 is 3.00 bits per heavy atom. The van der Waals surface area contributed by atoms with E-state index in [-0.39, 0.29) is 5.91 Å². The third-order valence-corrected chi connectivity index (χ3v) is 4.22. The molecule has 0 bridgehead atoms. The number of aromatic nitrogens is 3. The van der Waals surface area contributed by atoms with Crippen molar-refractivity contribution >= 4 is 23.3 Å². The minimum Gasteiger partial charge on any atom is -0.310 e. The van der Waals surface area contributed by atoms with E-state index in [2.05, 4.69) is 20.3 Å². The third kappa shape index (κ3) is 4.30. The molecule has 1 N–H and O–H groups in total. The number of nitrogens with one attached hydrogen (secondary N) is 1. The summed E-state index contributed by atoms with van der Waals surface area (Å²) in [6.07, 6.45) is 7.62. The Labute approximate surface area is 140 Å². The Morgan fingerprint density at radius 2 is 2.30 bits per heavy atom. The summed E-state index contributed by atoms with van der Waals surface area (Å²) in [6, 6.07) is 3.76. The number of likely N-dealkylation sites (tertiary alicyclic amines) is 1. The first-order valence-corrected chi connectivity index (χ1v) is 8.12. The van der Waals surface area contributed by atoms with E-state index in [0.29, 0.717) is 23.4 Å². The molecular weight excluding hydrogens is 314 g/mol. The molecule has 1 saturated heterocycles. The molecule has 0 spiro atoms. The van der Waals surface area contributed by atoms with E-state index in [1.54, 1.807) is 12.1 Å². The van der Waals surface area contributed by atoms with Crippen LogP contribution in [0.3, 0.4) is 0 Å². The van der Waals surface area contributed by atoms with Crippen LogP contribution in [0.25, 0.3) is 0 Å². The van der Waals surface area contributed by atoms with Crippen LogP contribution < -0.4 is 5.32 Å². The molecule has 3 rings (SSSR count). The first kappa shape index (κ1) is 16.0. The summed E-state index contributed by atoms with van der Waals surface area (Å²) < 4.78 is 1.96. The minimum absolute atomic E-state index is 0.0524. The van der Waals surface area contributed by atoms with Gasteiger partial charge in [0.25, 0.3) is 0 Å². The number of anilines is 1. The fraction of sp³-hybridized carbons (Fsp3) is 0.438. The van der Waals surface area contributed by atoms with Gasteiger partial charge in [0.1, 0.15) is 5.82 Å². The van der Waals surface area contributed by atoms with Crippen LogP contribution >= 0.6 is 11.6 Å². The molecular formula is C16H20ClN5O. The second-order valence-electron chi connectivity index (χ2n) is 5.92. The summed E-state index contributed by atoms with van der Waals surface area (Å²) in [7, 11) is 0. The second-order valence-corrected chi connectivity index (χ2v) is 6.35. The number of rotatable bonds is 5. The number of carbonyl (C=O) groups excluding carboxylic acids is 1. The smallest absolute Gasteiger partial charge is 0.239 e. The van der Waals surface area contributed by atoms with E-state index in [9.17, 15) is 4.79 Å². The molecule has 0 radical (unpaired) electrons. The topological polar surface area (TPSA) is 63.1 Å². The van der Waals surface area contributed by atoms with Crippen LogP contribution in [0, 0.1) is 6.92 Å². The molecule has 1 aliphatic rings. The van der Waals surface area contributed by atoms with Gasteiger partial charge in [-0.25, -0.2) is 4.98 Å². The molecule has 1 atom stereocenters. The summed E-state index contributed by atoms with van der Waals surface area (Å²) in [4.78, 5) is 18.5. The lowest BCUT2D eigenvalue weighted by atomic mass is 10.2. The minimum atomic E-state index is -0.0524. The summed E-state index contributed by atoms with van der Waals surface area (Å²) in [5, 5.41) is 7.70. The van der Waals surface area contributed by atoms with E-state index < -0.39 is 0 Å². The first-order valence-electron chi connectivity index (χ1n) is 7.74. The van der Waals surface area contributed by atoms with Crippen molar-refractivity contribution in [3.63, 3.8) is 0 Å². The van der Waals surface area contributed by atoms with Crippen LogP contribution in [0.4, 0.5) is 5.82 Å². The average Bonchev–Trinajstić information content (AvgIpc) is 3.11. The maximum absolute atomic E-state index is 12.2. The molecule has 0 aromatic carbocycles. The van der Waals surface area contributed by atoms with Gasteiger partial charge in [-0.1, -0.05) is 11.6 Å². The Balaban J connectivity index is 1.55. The number of halogens is 1. The monoisotopic (exact) mass is 333 g/mol. The number of nitrogens with zero attached hydrogens (tertiary/aromatic N) is 4. The number of hydrogen-bond acceptors (Lipinski definition) is 4. The lowest BCUT2D eigenvalue weighted by Gasteiger charge is -2.23. The Hall–Kier alpha value is -1.92. The van der Waals surface area contributed by atoms with Gasteiger partial charge in [0, 0.05) is 18.4 Å². The predicted octanol–water partition coefficient (Wildman–Crippen LogP) is 2.34. The van der Waals surface area contributed by atoms with Crippen molar-refractivity contribution in [2.75, 3.05) is 18.4 Å². The Morgan fingerprint density at radius 1 is 1.43 bits per heavy atom. The van der Waals surface area contributed by atoms with Gasteiger partial charge >= 0.3 is 0 Å². The largest absolute Gasteiger partial charge is 0.310 e. The zero-order valence-corrected chi connectivity index (χ0v) is 13.8. The maximum atomic E-state index is 12.2. The predicted molar refractivity (Wildman–Crippen MR) is 89.4 cm³/mol. The standard InChI is InChI=1S/C16H20ClN5O/c1-12-7-19-22(9-12)10-14-3-2-6-21(14)11-16(23)20-15-5-4-13(17)8-18-15/h4-5,7-9,14H,2-3,6,10-11H2,1H3,(H,18,20,23). The van der Waals surface area contributed by atoms with Gasteiger partial charge in [-0.2, -0.15) is 5.10 Å². The van der Waals surface area contributed by atoms with Gasteiger partial charge in [0.2, 0.25) is 5.91 Å². The van der Waals surface area contributed by atoms with Crippen molar-refractivity contribution in [2.45, 2.75) is 32.4 Å². The van der Waals surface area contributed by atoms with Crippen LogP contribution in [0.15, 0.2) is 30.7 Å². The summed E-state index contributed by atoms with van der Waals surface area (Å²) >= 11 is 5.79. The van der Waals surface area contributed by atoms with E-state index in [1.165, 1.54) is 6.20 Å². The molecule has 0 aliphatic carbocycles. The van der Waals surface area contributed by atoms with E-state index in [4.69, 9.17) is 11.6 Å². The van der Waals surface area contributed by atoms with Gasteiger partial charge < -0.3 is 5.32 Å². The average molecular weight is 334 g/mol. The molecule has 3 heterocycles. The third-order valence-electron chi connectivity index (χ3n) is 4.00. The fourth-order valence-electron chi connectivity index (χ4n) is 2.91. The number of pyridine rings is 1. The molecule has 1 fully saturated rings. The molecule has 122 valence electrons. The van der Waals surface area contributed by atoms with Crippen molar-refractivity contribution < 1.29 is 4.79 Å². The van der Waals surface area contributed by atoms with Gasteiger partial charge in [-0.05, 0) is 44.0 Å². The molecule has 6 nitrogen and oxygen atoms in total. The fourth-order valence-corrected chi connectivity index (χ4v) is 3.02. The van der Waals surface area contributed by atoms with Gasteiger partial charge in [-0.3, -0.25) is 14.4 Å². The summed E-state index contributed by atoms with van der Waals surface area (Å²) in [6.45, 7) is 4.16. The van der Waals surface area contributed by atoms with Gasteiger partial charge in [-0.15, -0.1) is 0 Å². The van der Waals surface area contributed by atoms with E-state index >= 15 is 0 Å². The molecule has 1 aliphatic heterocycles. The number of aryl methyl sites for hydroxylation is 1. The van der Waals surface area contributed by atoms with E-state index in [0.717, 1.165) is 31.5 Å². The molecule has 2 aromatic rings. The lowest BCUT2D eigenvalue weighted by Crippen LogP contribution is -2.39. The quantitative estimate of drug-likeness (QED) is 0.912. The van der Waals surface area contributed by atoms with Crippen molar-refractivity contribution in [1.82, 2.24) is 19.7 Å². The Kier molecular flexibility index (Phi) is 4.93. The van der Waals surface area contributed by atoms with E-state index in [1.807, 2.05) is 24.0 Å². The van der Waals surface area contributed by atoms with Crippen LogP contribution in [-0.2, 0) is 11.3 Å². The second kappa shape index (κ2) is 7.10. The zero-order valence-electron chi connectivity index (χ0n) is 13.1. The lowest BCUT2D eigenvalue weighted by molar-refractivity contribution is -0.117. The molecule has 0 saturated carbocycles. The normalized spacial score (nSPS) is 18.3. The maximum Gasteiger partial charge on any atom is 0.239 e. The van der Waals surface area contributed by atoms with Crippen molar-refractivity contribution in [2.24, 2.45) is 0 Å². The van der Waals surface area contributed by atoms with Crippen molar-refractivity contribution in [3.8, 4) is 0 Å². The van der Waals surface area contributed by atoms with Gasteiger partial charge in [0.05, 0.1) is 24.3 Å². The van der Waals surface area contributed by atoms with Crippen LogP contribution in [0.2, 0.25) is 5.02 Å². The van der Waals surface area contributed by atoms with Crippen molar-refractivity contribution in [1.29, 1.82) is 0 Å².